The highest BCUT2D eigenvalue weighted by atomic mass is 32.1. The van der Waals surface area contributed by atoms with Crippen LogP contribution < -0.4 is 5.32 Å². The van der Waals surface area contributed by atoms with Crippen LogP contribution in [0.1, 0.15) is 37.6 Å². The van der Waals surface area contributed by atoms with Crippen LogP contribution in [-0.4, -0.2) is 17.6 Å². The lowest BCUT2D eigenvalue weighted by molar-refractivity contribution is 0.454. The summed E-state index contributed by atoms with van der Waals surface area (Å²) >= 11 is 1.78. The van der Waals surface area contributed by atoms with E-state index in [0.29, 0.717) is 6.04 Å². The van der Waals surface area contributed by atoms with E-state index in [4.69, 9.17) is 0 Å². The number of aromatic nitrogens is 1. The van der Waals surface area contributed by atoms with Gasteiger partial charge in [-0.05, 0) is 25.3 Å². The van der Waals surface area contributed by atoms with Crippen molar-refractivity contribution >= 4 is 11.3 Å². The van der Waals surface area contributed by atoms with Gasteiger partial charge in [0.15, 0.2) is 0 Å². The first-order valence-electron chi connectivity index (χ1n) is 6.00. The molecule has 1 aliphatic carbocycles. The average molecular weight is 224 g/mol. The maximum atomic E-state index is 4.37. The molecule has 1 saturated carbocycles. The molecule has 1 N–H and O–H groups in total. The van der Waals surface area contributed by atoms with Crippen LogP contribution in [0.4, 0.5) is 0 Å². The van der Waals surface area contributed by atoms with E-state index in [1.54, 1.807) is 11.3 Å². The summed E-state index contributed by atoms with van der Waals surface area (Å²) in [6.45, 7) is 3.37. The van der Waals surface area contributed by atoms with Gasteiger partial charge in [0.1, 0.15) is 0 Å². The number of rotatable bonds is 7. The minimum Gasteiger partial charge on any atom is -0.314 e. The van der Waals surface area contributed by atoms with Crippen molar-refractivity contribution in [3.05, 3.63) is 16.6 Å². The zero-order valence-electron chi connectivity index (χ0n) is 9.41. The van der Waals surface area contributed by atoms with Crippen LogP contribution in [0.3, 0.4) is 0 Å². The molecular weight excluding hydrogens is 204 g/mol. The van der Waals surface area contributed by atoms with Gasteiger partial charge in [-0.3, -0.25) is 0 Å². The topological polar surface area (TPSA) is 24.9 Å². The predicted molar refractivity (Wildman–Crippen MR) is 65.2 cm³/mol. The van der Waals surface area contributed by atoms with Gasteiger partial charge >= 0.3 is 0 Å². The summed E-state index contributed by atoms with van der Waals surface area (Å²) in [5, 5.41) is 7.00. The Hall–Kier alpha value is -0.410. The second-order valence-corrected chi connectivity index (χ2v) is 5.44. The Morgan fingerprint density at radius 1 is 1.60 bits per heavy atom. The molecule has 0 aromatic carbocycles. The highest BCUT2D eigenvalue weighted by Gasteiger charge is 2.25. The lowest BCUT2D eigenvalue weighted by Gasteiger charge is -2.16. The Balaban J connectivity index is 1.80. The summed E-state index contributed by atoms with van der Waals surface area (Å²) in [6, 6.07) is 0.656. The molecule has 0 aliphatic heterocycles. The van der Waals surface area contributed by atoms with Gasteiger partial charge < -0.3 is 5.32 Å². The highest BCUT2D eigenvalue weighted by Crippen LogP contribution is 2.34. The van der Waals surface area contributed by atoms with Gasteiger partial charge in [-0.15, -0.1) is 11.3 Å². The third kappa shape index (κ3) is 3.92. The number of hydrogen-bond acceptors (Lipinski definition) is 3. The van der Waals surface area contributed by atoms with E-state index >= 15 is 0 Å². The molecule has 1 unspecified atom stereocenters. The van der Waals surface area contributed by atoms with Crippen molar-refractivity contribution in [1.29, 1.82) is 0 Å². The standard InChI is InChI=1S/C12H20N2S/c1-2-5-13-11(8-10-3-4-10)9-12-14-6-7-15-12/h6-7,10-11,13H,2-5,8-9H2,1H3. The summed E-state index contributed by atoms with van der Waals surface area (Å²) in [6.07, 6.45) is 8.49. The molecule has 0 spiro atoms. The molecule has 1 aromatic heterocycles. The van der Waals surface area contributed by atoms with E-state index in [1.807, 2.05) is 6.20 Å². The molecule has 0 bridgehead atoms. The summed E-state index contributed by atoms with van der Waals surface area (Å²) in [4.78, 5) is 4.37. The zero-order valence-corrected chi connectivity index (χ0v) is 10.2. The Kier molecular flexibility index (Phi) is 4.15. The number of nitrogens with zero attached hydrogens (tertiary/aromatic N) is 1. The van der Waals surface area contributed by atoms with Crippen LogP contribution >= 0.6 is 11.3 Å². The van der Waals surface area contributed by atoms with Crippen molar-refractivity contribution in [3.8, 4) is 0 Å². The molecule has 15 heavy (non-hydrogen) atoms. The maximum Gasteiger partial charge on any atom is 0.0940 e. The summed E-state index contributed by atoms with van der Waals surface area (Å²) in [5.41, 5.74) is 0. The first-order valence-corrected chi connectivity index (χ1v) is 6.88. The summed E-state index contributed by atoms with van der Waals surface area (Å²) < 4.78 is 0. The molecule has 0 amide bonds. The third-order valence-corrected chi connectivity index (χ3v) is 3.70. The largest absolute Gasteiger partial charge is 0.314 e. The minimum absolute atomic E-state index is 0.656. The smallest absolute Gasteiger partial charge is 0.0940 e. The molecule has 3 heteroatoms. The lowest BCUT2D eigenvalue weighted by atomic mass is 10.1. The van der Waals surface area contributed by atoms with Gasteiger partial charge in [0, 0.05) is 24.0 Å². The fourth-order valence-electron chi connectivity index (χ4n) is 1.91. The lowest BCUT2D eigenvalue weighted by Crippen LogP contribution is -2.32. The van der Waals surface area contributed by atoms with E-state index in [0.717, 1.165) is 18.9 Å². The van der Waals surface area contributed by atoms with E-state index in [2.05, 4.69) is 22.6 Å². The van der Waals surface area contributed by atoms with Gasteiger partial charge in [-0.1, -0.05) is 19.8 Å². The second-order valence-electron chi connectivity index (χ2n) is 4.46. The third-order valence-electron chi connectivity index (χ3n) is 2.90. The van der Waals surface area contributed by atoms with Crippen LogP contribution in [-0.2, 0) is 6.42 Å². The van der Waals surface area contributed by atoms with E-state index in [9.17, 15) is 0 Å². The van der Waals surface area contributed by atoms with Crippen molar-refractivity contribution in [2.24, 2.45) is 5.92 Å². The van der Waals surface area contributed by atoms with Crippen molar-refractivity contribution in [3.63, 3.8) is 0 Å². The van der Waals surface area contributed by atoms with Crippen LogP contribution in [0.2, 0.25) is 0 Å². The predicted octanol–water partition coefficient (Wildman–Crippen LogP) is 2.85. The van der Waals surface area contributed by atoms with Crippen molar-refractivity contribution in [2.45, 2.75) is 45.1 Å². The average Bonchev–Trinajstić information content (AvgIpc) is 2.90. The molecule has 84 valence electrons. The molecule has 2 nitrogen and oxygen atoms in total. The second kappa shape index (κ2) is 5.61. The summed E-state index contributed by atoms with van der Waals surface area (Å²) in [7, 11) is 0. The zero-order chi connectivity index (χ0) is 10.5. The molecule has 0 saturated heterocycles. The van der Waals surface area contributed by atoms with Crippen molar-refractivity contribution < 1.29 is 0 Å². The minimum atomic E-state index is 0.656. The van der Waals surface area contributed by atoms with Gasteiger partial charge in [-0.2, -0.15) is 0 Å². The first kappa shape index (κ1) is 11.1. The molecule has 1 aromatic rings. The van der Waals surface area contributed by atoms with Crippen LogP contribution in [0.25, 0.3) is 0 Å². The Morgan fingerprint density at radius 2 is 2.47 bits per heavy atom. The van der Waals surface area contributed by atoms with Crippen LogP contribution in [0, 0.1) is 5.92 Å². The molecule has 2 rings (SSSR count). The molecule has 1 fully saturated rings. The molecular formula is C12H20N2S. The van der Waals surface area contributed by atoms with Gasteiger partial charge in [0.05, 0.1) is 5.01 Å². The number of thiazole rings is 1. The highest BCUT2D eigenvalue weighted by molar-refractivity contribution is 7.09. The fourth-order valence-corrected chi connectivity index (χ4v) is 2.61. The Bertz CT molecular complexity index is 267. The molecule has 1 aliphatic rings. The fraction of sp³-hybridized carbons (Fsp3) is 0.750. The van der Waals surface area contributed by atoms with E-state index in [1.165, 1.54) is 30.7 Å². The van der Waals surface area contributed by atoms with E-state index in [-0.39, 0.29) is 0 Å². The quantitative estimate of drug-likeness (QED) is 0.770. The SMILES string of the molecule is CCCNC(Cc1nccs1)CC1CC1. The van der Waals surface area contributed by atoms with Crippen molar-refractivity contribution in [1.82, 2.24) is 10.3 Å². The molecule has 1 heterocycles. The number of nitrogens with one attached hydrogen (secondary N) is 1. The monoisotopic (exact) mass is 224 g/mol. The normalized spacial score (nSPS) is 17.9. The van der Waals surface area contributed by atoms with Gasteiger partial charge in [0.25, 0.3) is 0 Å². The van der Waals surface area contributed by atoms with E-state index < -0.39 is 0 Å². The van der Waals surface area contributed by atoms with Gasteiger partial charge in [0.2, 0.25) is 0 Å². The van der Waals surface area contributed by atoms with Gasteiger partial charge in [-0.25, -0.2) is 4.98 Å². The first-order chi connectivity index (χ1) is 7.38. The van der Waals surface area contributed by atoms with Crippen LogP contribution in [0.15, 0.2) is 11.6 Å². The van der Waals surface area contributed by atoms with Crippen molar-refractivity contribution in [2.75, 3.05) is 6.54 Å². The molecule has 0 radical (unpaired) electrons. The summed E-state index contributed by atoms with van der Waals surface area (Å²) in [5.74, 6) is 0.999. The Morgan fingerprint density at radius 3 is 3.07 bits per heavy atom. The number of hydrogen-bond donors (Lipinski definition) is 1. The Labute approximate surface area is 96.1 Å². The molecule has 1 atom stereocenters. The maximum absolute atomic E-state index is 4.37. The van der Waals surface area contributed by atoms with Crippen LogP contribution in [0.5, 0.6) is 0 Å².